The van der Waals surface area contributed by atoms with E-state index in [1.54, 1.807) is 9.80 Å². The van der Waals surface area contributed by atoms with E-state index in [1.165, 1.54) is 0 Å². The molecule has 7 nitrogen and oxygen atoms in total. The largest absolute Gasteiger partial charge is 0.447 e. The van der Waals surface area contributed by atoms with Crippen molar-refractivity contribution in [1.29, 1.82) is 0 Å². The molecule has 1 unspecified atom stereocenters. The minimum absolute atomic E-state index is 0.0137. The first-order chi connectivity index (χ1) is 14.6. The number of nitrogens with one attached hydrogen (secondary N) is 1. The van der Waals surface area contributed by atoms with Gasteiger partial charge in [0.1, 0.15) is 12.6 Å². The van der Waals surface area contributed by atoms with E-state index in [4.69, 9.17) is 4.74 Å². The number of carbonyl (C=O) groups is 3. The third-order valence-corrected chi connectivity index (χ3v) is 5.49. The first-order valence-electron chi connectivity index (χ1n) is 10.3. The third-order valence-electron chi connectivity index (χ3n) is 5.49. The third kappa shape index (κ3) is 4.30. The van der Waals surface area contributed by atoms with Crippen molar-refractivity contribution in [2.24, 2.45) is 0 Å². The average molecular weight is 407 g/mol. The first kappa shape index (κ1) is 19.9. The molecule has 0 spiro atoms. The Balaban J connectivity index is 1.49. The summed E-state index contributed by atoms with van der Waals surface area (Å²) in [5.74, 6) is -0.192. The van der Waals surface area contributed by atoms with Gasteiger partial charge in [-0.25, -0.2) is 4.79 Å². The molecule has 0 saturated carbocycles. The molecule has 0 aliphatic carbocycles. The Labute approximate surface area is 175 Å². The Morgan fingerprint density at radius 2 is 1.87 bits per heavy atom. The maximum Gasteiger partial charge on any atom is 0.414 e. The van der Waals surface area contributed by atoms with Crippen molar-refractivity contribution < 1.29 is 19.1 Å². The maximum atomic E-state index is 13.2. The quantitative estimate of drug-likeness (QED) is 0.798. The molecular weight excluding hydrogens is 382 g/mol. The Hall–Kier alpha value is -3.35. The zero-order valence-corrected chi connectivity index (χ0v) is 16.8. The number of anilines is 1. The summed E-state index contributed by atoms with van der Waals surface area (Å²) in [4.78, 5) is 40.7. The lowest BCUT2D eigenvalue weighted by atomic mass is 10.0. The fourth-order valence-corrected chi connectivity index (χ4v) is 3.96. The molecule has 2 aliphatic rings. The van der Waals surface area contributed by atoms with Crippen LogP contribution in [0.15, 0.2) is 54.6 Å². The molecule has 3 amide bonds. The molecule has 156 valence electrons. The van der Waals surface area contributed by atoms with Crippen LogP contribution in [0.2, 0.25) is 0 Å². The van der Waals surface area contributed by atoms with Crippen molar-refractivity contribution in [2.45, 2.75) is 31.8 Å². The number of amides is 3. The molecule has 0 aromatic heterocycles. The second-order valence-corrected chi connectivity index (χ2v) is 7.51. The molecular formula is C23H25N3O4. The number of ether oxygens (including phenoxy) is 1. The Bertz CT molecular complexity index is 931. The predicted molar refractivity (Wildman–Crippen MR) is 112 cm³/mol. The van der Waals surface area contributed by atoms with Gasteiger partial charge in [-0.1, -0.05) is 42.5 Å². The van der Waals surface area contributed by atoms with Gasteiger partial charge in [0.25, 0.3) is 0 Å². The molecule has 2 aromatic carbocycles. The van der Waals surface area contributed by atoms with E-state index in [2.05, 4.69) is 5.32 Å². The molecule has 1 N–H and O–H groups in total. The van der Waals surface area contributed by atoms with Crippen LogP contribution >= 0.6 is 0 Å². The van der Waals surface area contributed by atoms with Crippen LogP contribution in [0, 0.1) is 0 Å². The lowest BCUT2D eigenvalue weighted by Crippen LogP contribution is -2.45. The molecule has 2 aliphatic heterocycles. The number of rotatable bonds is 6. The summed E-state index contributed by atoms with van der Waals surface area (Å²) in [6.07, 6.45) is 1.88. The van der Waals surface area contributed by atoms with Crippen LogP contribution in [0.1, 0.15) is 36.4 Å². The summed E-state index contributed by atoms with van der Waals surface area (Å²) in [5.41, 5.74) is 2.42. The monoisotopic (exact) mass is 407 g/mol. The molecule has 2 aromatic rings. The Morgan fingerprint density at radius 3 is 2.60 bits per heavy atom. The number of likely N-dealkylation sites (tertiary alicyclic amines) is 1. The highest BCUT2D eigenvalue weighted by molar-refractivity contribution is 5.90. The van der Waals surface area contributed by atoms with Crippen LogP contribution < -0.4 is 10.2 Å². The van der Waals surface area contributed by atoms with Crippen molar-refractivity contribution in [3.63, 3.8) is 0 Å². The standard InChI is InChI=1S/C23H25N3O4/c27-20-11-4-5-12-26(20)21(18-8-2-1-3-9-18)22(28)24-16-17-7-6-10-19(15-17)25-13-14-30-23(25)29/h1-3,6-10,15,21H,4-5,11-14,16H2,(H,24,28). The van der Waals surface area contributed by atoms with Gasteiger partial charge in [0.2, 0.25) is 11.8 Å². The molecule has 2 saturated heterocycles. The number of nitrogens with zero attached hydrogens (tertiary/aromatic N) is 2. The summed E-state index contributed by atoms with van der Waals surface area (Å²) in [6.45, 7) is 1.78. The first-order valence-corrected chi connectivity index (χ1v) is 10.3. The maximum absolute atomic E-state index is 13.2. The summed E-state index contributed by atoms with van der Waals surface area (Å²) >= 11 is 0. The van der Waals surface area contributed by atoms with E-state index in [0.29, 0.717) is 32.7 Å². The van der Waals surface area contributed by atoms with E-state index in [0.717, 1.165) is 29.7 Å². The second kappa shape index (κ2) is 8.98. The Morgan fingerprint density at radius 1 is 1.03 bits per heavy atom. The molecule has 7 heteroatoms. The number of hydrogen-bond donors (Lipinski definition) is 1. The number of hydrogen-bond acceptors (Lipinski definition) is 4. The highest BCUT2D eigenvalue weighted by Gasteiger charge is 2.32. The van der Waals surface area contributed by atoms with Gasteiger partial charge in [-0.05, 0) is 36.1 Å². The van der Waals surface area contributed by atoms with Gasteiger partial charge in [-0.2, -0.15) is 0 Å². The summed E-state index contributed by atoms with van der Waals surface area (Å²) in [5, 5.41) is 2.98. The summed E-state index contributed by atoms with van der Waals surface area (Å²) < 4.78 is 5.00. The van der Waals surface area contributed by atoms with E-state index < -0.39 is 6.04 Å². The fraction of sp³-hybridized carbons (Fsp3) is 0.348. The number of benzene rings is 2. The lowest BCUT2D eigenvalue weighted by molar-refractivity contribution is -0.142. The van der Waals surface area contributed by atoms with Crippen molar-refractivity contribution >= 4 is 23.6 Å². The zero-order valence-electron chi connectivity index (χ0n) is 16.8. The predicted octanol–water partition coefficient (Wildman–Crippen LogP) is 3.01. The van der Waals surface area contributed by atoms with Gasteiger partial charge in [-0.3, -0.25) is 14.5 Å². The van der Waals surface area contributed by atoms with E-state index in [9.17, 15) is 14.4 Å². The van der Waals surface area contributed by atoms with Crippen molar-refractivity contribution in [3.8, 4) is 0 Å². The second-order valence-electron chi connectivity index (χ2n) is 7.51. The van der Waals surface area contributed by atoms with E-state index in [1.807, 2.05) is 54.6 Å². The van der Waals surface area contributed by atoms with Crippen molar-refractivity contribution in [2.75, 3.05) is 24.6 Å². The highest BCUT2D eigenvalue weighted by Crippen LogP contribution is 2.26. The number of carbonyl (C=O) groups excluding carboxylic acids is 3. The van der Waals surface area contributed by atoms with Crippen LogP contribution in [-0.2, 0) is 20.9 Å². The molecule has 0 bridgehead atoms. The molecule has 2 heterocycles. The van der Waals surface area contributed by atoms with Crippen LogP contribution in [0.5, 0.6) is 0 Å². The topological polar surface area (TPSA) is 79.0 Å². The van der Waals surface area contributed by atoms with Gasteiger partial charge in [-0.15, -0.1) is 0 Å². The zero-order chi connectivity index (χ0) is 20.9. The minimum atomic E-state index is -0.643. The van der Waals surface area contributed by atoms with Crippen molar-refractivity contribution in [1.82, 2.24) is 10.2 Å². The van der Waals surface area contributed by atoms with Gasteiger partial charge >= 0.3 is 6.09 Å². The van der Waals surface area contributed by atoms with Crippen LogP contribution in [0.3, 0.4) is 0 Å². The van der Waals surface area contributed by atoms with Gasteiger partial charge in [0.15, 0.2) is 0 Å². The van der Waals surface area contributed by atoms with E-state index >= 15 is 0 Å². The molecule has 2 fully saturated rings. The van der Waals surface area contributed by atoms with Crippen LogP contribution in [0.25, 0.3) is 0 Å². The number of cyclic esters (lactones) is 1. The average Bonchev–Trinajstić information content (AvgIpc) is 3.21. The van der Waals surface area contributed by atoms with Gasteiger partial charge in [0, 0.05) is 25.2 Å². The SMILES string of the molecule is O=C(NCc1cccc(N2CCOC2=O)c1)C(c1ccccc1)N1CCCCC1=O. The van der Waals surface area contributed by atoms with E-state index in [-0.39, 0.29) is 17.9 Å². The summed E-state index contributed by atoms with van der Waals surface area (Å²) in [6, 6.07) is 16.2. The Kier molecular flexibility index (Phi) is 5.97. The fourth-order valence-electron chi connectivity index (χ4n) is 3.96. The normalized spacial score (nSPS) is 17.6. The highest BCUT2D eigenvalue weighted by atomic mass is 16.6. The minimum Gasteiger partial charge on any atom is -0.447 e. The van der Waals surface area contributed by atoms with Gasteiger partial charge in [0.05, 0.1) is 6.54 Å². The molecule has 4 rings (SSSR count). The summed E-state index contributed by atoms with van der Waals surface area (Å²) in [7, 11) is 0. The lowest BCUT2D eigenvalue weighted by Gasteiger charge is -2.34. The molecule has 30 heavy (non-hydrogen) atoms. The van der Waals surface area contributed by atoms with Crippen LogP contribution in [0.4, 0.5) is 10.5 Å². The van der Waals surface area contributed by atoms with Crippen molar-refractivity contribution in [3.05, 3.63) is 65.7 Å². The molecule has 1 atom stereocenters. The van der Waals surface area contributed by atoms with Gasteiger partial charge < -0.3 is 15.0 Å². The molecule has 0 radical (unpaired) electrons. The smallest absolute Gasteiger partial charge is 0.414 e. The number of piperidine rings is 1. The van der Waals surface area contributed by atoms with Crippen LogP contribution in [-0.4, -0.2) is 42.5 Å².